The highest BCUT2D eigenvalue weighted by molar-refractivity contribution is 7.13. The second kappa shape index (κ2) is 5.80. The van der Waals surface area contributed by atoms with Crippen LogP contribution >= 0.6 is 11.3 Å². The first kappa shape index (κ1) is 15.1. The maximum Gasteiger partial charge on any atom is 0.347 e. The molecule has 0 saturated carbocycles. The van der Waals surface area contributed by atoms with Crippen LogP contribution in [-0.2, 0) is 12.0 Å². The molecule has 0 saturated heterocycles. The summed E-state index contributed by atoms with van der Waals surface area (Å²) in [5.74, 6) is -0.516. The van der Waals surface area contributed by atoms with Crippen LogP contribution in [0.1, 0.15) is 60.9 Å². The lowest BCUT2D eigenvalue weighted by Crippen LogP contribution is -2.35. The van der Waals surface area contributed by atoms with E-state index in [9.17, 15) is 9.90 Å². The minimum atomic E-state index is -0.899. The Kier molecular flexibility index (Phi) is 4.87. The molecule has 102 valence electrons. The number of hydrogen-bond acceptors (Lipinski definition) is 4. The number of aromatic carboxylic acids is 1. The normalized spacial score (nSPS) is 12.1. The molecule has 0 aliphatic rings. The van der Waals surface area contributed by atoms with Gasteiger partial charge in [-0.3, -0.25) is 0 Å². The van der Waals surface area contributed by atoms with Crippen LogP contribution in [0, 0.1) is 5.92 Å². The minimum Gasteiger partial charge on any atom is -0.477 e. The molecule has 0 bridgehead atoms. The van der Waals surface area contributed by atoms with E-state index in [-0.39, 0.29) is 0 Å². The zero-order valence-corrected chi connectivity index (χ0v) is 12.3. The summed E-state index contributed by atoms with van der Waals surface area (Å²) in [6.07, 6.45) is 2.20. The van der Waals surface area contributed by atoms with Crippen molar-refractivity contribution in [2.45, 2.75) is 52.5 Å². The molecule has 1 heterocycles. The molecule has 0 aromatic carbocycles. The Labute approximate surface area is 112 Å². The molecule has 0 atom stereocenters. The number of nitrogens with two attached hydrogens (primary N) is 1. The predicted octanol–water partition coefficient (Wildman–Crippen LogP) is 3.01. The van der Waals surface area contributed by atoms with Gasteiger partial charge in [-0.05, 0) is 25.2 Å². The minimum absolute atomic E-state index is 0.343. The summed E-state index contributed by atoms with van der Waals surface area (Å²) < 4.78 is 0. The van der Waals surface area contributed by atoms with Crippen molar-refractivity contribution in [3.05, 3.63) is 15.6 Å². The average molecular weight is 270 g/mol. The van der Waals surface area contributed by atoms with Crippen LogP contribution in [0.5, 0.6) is 0 Å². The van der Waals surface area contributed by atoms with Gasteiger partial charge in [0.2, 0.25) is 0 Å². The molecule has 1 aromatic rings. The van der Waals surface area contributed by atoms with Gasteiger partial charge in [-0.25, -0.2) is 9.78 Å². The van der Waals surface area contributed by atoms with Gasteiger partial charge in [-0.15, -0.1) is 11.3 Å². The number of nitrogens with zero attached hydrogens (tertiary/aromatic N) is 1. The SMILES string of the molecule is CCC(N)(CC)c1nc(CC(C)C)c(C(=O)O)s1. The van der Waals surface area contributed by atoms with E-state index < -0.39 is 11.5 Å². The van der Waals surface area contributed by atoms with Crippen LogP contribution in [0.25, 0.3) is 0 Å². The Balaban J connectivity index is 3.21. The molecular weight excluding hydrogens is 248 g/mol. The molecule has 0 radical (unpaired) electrons. The van der Waals surface area contributed by atoms with E-state index in [1.807, 2.05) is 13.8 Å². The van der Waals surface area contributed by atoms with E-state index in [1.165, 1.54) is 11.3 Å². The van der Waals surface area contributed by atoms with Crippen molar-refractivity contribution in [1.82, 2.24) is 4.98 Å². The van der Waals surface area contributed by atoms with Gasteiger partial charge in [-0.1, -0.05) is 27.7 Å². The predicted molar refractivity (Wildman–Crippen MR) is 74.1 cm³/mol. The quantitative estimate of drug-likeness (QED) is 0.833. The lowest BCUT2D eigenvalue weighted by Gasteiger charge is -2.23. The second-order valence-corrected chi connectivity index (χ2v) is 6.06. The first-order valence-electron chi connectivity index (χ1n) is 6.36. The molecule has 0 unspecified atom stereocenters. The van der Waals surface area contributed by atoms with Gasteiger partial charge in [0.1, 0.15) is 9.88 Å². The summed E-state index contributed by atoms with van der Waals surface area (Å²) in [5.41, 5.74) is 6.47. The summed E-state index contributed by atoms with van der Waals surface area (Å²) in [5, 5.41) is 9.98. The highest BCUT2D eigenvalue weighted by atomic mass is 32.1. The topological polar surface area (TPSA) is 76.2 Å². The van der Waals surface area contributed by atoms with Gasteiger partial charge in [0, 0.05) is 0 Å². The van der Waals surface area contributed by atoms with Gasteiger partial charge in [0.05, 0.1) is 11.2 Å². The van der Waals surface area contributed by atoms with Crippen molar-refractivity contribution >= 4 is 17.3 Å². The number of thiazole rings is 1. The molecule has 0 fully saturated rings. The van der Waals surface area contributed by atoms with Crippen molar-refractivity contribution in [3.63, 3.8) is 0 Å². The summed E-state index contributed by atoms with van der Waals surface area (Å²) in [6.45, 7) is 8.13. The molecule has 4 nitrogen and oxygen atoms in total. The van der Waals surface area contributed by atoms with E-state index in [2.05, 4.69) is 18.8 Å². The van der Waals surface area contributed by atoms with Crippen LogP contribution in [0.15, 0.2) is 0 Å². The number of rotatable bonds is 6. The molecule has 0 amide bonds. The summed E-state index contributed by atoms with van der Waals surface area (Å²) in [7, 11) is 0. The van der Waals surface area contributed by atoms with Crippen molar-refractivity contribution in [1.29, 1.82) is 0 Å². The Morgan fingerprint density at radius 3 is 2.39 bits per heavy atom. The number of aromatic nitrogens is 1. The standard InChI is InChI=1S/C13H22N2O2S/c1-5-13(14,6-2)12-15-9(7-8(3)4)10(18-12)11(16)17/h8H,5-7,14H2,1-4H3,(H,16,17). The largest absolute Gasteiger partial charge is 0.477 e. The number of carboxylic acids is 1. The average Bonchev–Trinajstić information content (AvgIpc) is 2.71. The van der Waals surface area contributed by atoms with Crippen LogP contribution in [0.3, 0.4) is 0 Å². The van der Waals surface area contributed by atoms with Gasteiger partial charge in [-0.2, -0.15) is 0 Å². The van der Waals surface area contributed by atoms with Crippen LogP contribution < -0.4 is 5.73 Å². The Bertz CT molecular complexity index is 423. The number of carbonyl (C=O) groups is 1. The fourth-order valence-electron chi connectivity index (χ4n) is 1.81. The maximum absolute atomic E-state index is 11.2. The molecule has 0 spiro atoms. The van der Waals surface area contributed by atoms with Crippen molar-refractivity contribution in [3.8, 4) is 0 Å². The van der Waals surface area contributed by atoms with Crippen LogP contribution in [-0.4, -0.2) is 16.1 Å². The molecule has 18 heavy (non-hydrogen) atoms. The van der Waals surface area contributed by atoms with E-state index in [0.717, 1.165) is 17.8 Å². The molecule has 3 N–H and O–H groups in total. The third kappa shape index (κ3) is 3.09. The van der Waals surface area contributed by atoms with E-state index >= 15 is 0 Å². The highest BCUT2D eigenvalue weighted by Gasteiger charge is 2.30. The number of hydrogen-bond donors (Lipinski definition) is 2. The van der Waals surface area contributed by atoms with E-state index in [4.69, 9.17) is 5.73 Å². The Hall–Kier alpha value is -0.940. The van der Waals surface area contributed by atoms with Crippen molar-refractivity contribution in [2.24, 2.45) is 11.7 Å². The monoisotopic (exact) mass is 270 g/mol. The van der Waals surface area contributed by atoms with Gasteiger partial charge in [0.15, 0.2) is 0 Å². The Morgan fingerprint density at radius 2 is 2.00 bits per heavy atom. The fourth-order valence-corrected chi connectivity index (χ4v) is 2.98. The fraction of sp³-hybridized carbons (Fsp3) is 0.692. The smallest absolute Gasteiger partial charge is 0.347 e. The van der Waals surface area contributed by atoms with Crippen molar-refractivity contribution in [2.75, 3.05) is 0 Å². The zero-order chi connectivity index (χ0) is 13.9. The third-order valence-electron chi connectivity index (χ3n) is 3.18. The first-order chi connectivity index (χ1) is 8.34. The van der Waals surface area contributed by atoms with E-state index in [0.29, 0.717) is 22.9 Å². The molecule has 0 aliphatic heterocycles. The molecule has 1 rings (SSSR count). The van der Waals surface area contributed by atoms with Crippen LogP contribution in [0.4, 0.5) is 0 Å². The van der Waals surface area contributed by atoms with Gasteiger partial charge in [0.25, 0.3) is 0 Å². The summed E-state index contributed by atoms with van der Waals surface area (Å²) in [6, 6.07) is 0. The summed E-state index contributed by atoms with van der Waals surface area (Å²) in [4.78, 5) is 16.1. The third-order valence-corrected chi connectivity index (χ3v) is 4.49. The Morgan fingerprint density at radius 1 is 1.44 bits per heavy atom. The maximum atomic E-state index is 11.2. The molecule has 5 heteroatoms. The van der Waals surface area contributed by atoms with E-state index in [1.54, 1.807) is 0 Å². The van der Waals surface area contributed by atoms with Gasteiger partial charge < -0.3 is 10.8 Å². The highest BCUT2D eigenvalue weighted by Crippen LogP contribution is 2.32. The first-order valence-corrected chi connectivity index (χ1v) is 7.18. The van der Waals surface area contributed by atoms with Gasteiger partial charge >= 0.3 is 5.97 Å². The summed E-state index contributed by atoms with van der Waals surface area (Å²) >= 11 is 1.23. The molecule has 0 aliphatic carbocycles. The lowest BCUT2D eigenvalue weighted by molar-refractivity contribution is 0.0700. The molecule has 1 aromatic heterocycles. The second-order valence-electron chi connectivity index (χ2n) is 5.06. The number of carboxylic acid groups (broad SMARTS) is 1. The van der Waals surface area contributed by atoms with Crippen LogP contribution in [0.2, 0.25) is 0 Å². The molecular formula is C13H22N2O2S. The lowest BCUT2D eigenvalue weighted by atomic mass is 9.95. The van der Waals surface area contributed by atoms with Crippen molar-refractivity contribution < 1.29 is 9.90 Å². The zero-order valence-electron chi connectivity index (χ0n) is 11.5.